The fraction of sp³-hybridized carbons (Fsp3) is 0.350. The molecule has 152 valence electrons. The summed E-state index contributed by atoms with van der Waals surface area (Å²) in [4.78, 5) is 20.7. The number of rotatable bonds is 2. The van der Waals surface area contributed by atoms with E-state index in [-0.39, 0.29) is 5.91 Å². The molecule has 1 saturated heterocycles. The van der Waals surface area contributed by atoms with Crippen molar-refractivity contribution in [2.24, 2.45) is 7.05 Å². The third-order valence-electron chi connectivity index (χ3n) is 5.12. The van der Waals surface area contributed by atoms with E-state index in [9.17, 15) is 18.0 Å². The number of pyridine rings is 1. The fourth-order valence-electron chi connectivity index (χ4n) is 3.66. The summed E-state index contributed by atoms with van der Waals surface area (Å²) in [6.45, 7) is 2.44. The Morgan fingerprint density at radius 1 is 1.10 bits per heavy atom. The van der Waals surface area contributed by atoms with Crippen molar-refractivity contribution < 1.29 is 18.0 Å². The Labute approximate surface area is 165 Å². The molecule has 1 aliphatic heterocycles. The summed E-state index contributed by atoms with van der Waals surface area (Å²) in [6.07, 6.45) is 1.14. The van der Waals surface area contributed by atoms with Crippen molar-refractivity contribution in [1.82, 2.24) is 19.7 Å². The van der Waals surface area contributed by atoms with Gasteiger partial charge in [-0.15, -0.1) is 0 Å². The number of fused-ring (bicyclic) bond motifs is 1. The zero-order valence-corrected chi connectivity index (χ0v) is 15.9. The molecule has 0 saturated carbocycles. The van der Waals surface area contributed by atoms with Crippen molar-refractivity contribution >= 4 is 22.5 Å². The molecular formula is C20H20F3N5O. The summed E-state index contributed by atoms with van der Waals surface area (Å²) in [7, 11) is 1.76. The number of aryl methyl sites for hydroxylation is 1. The average molecular weight is 403 g/mol. The zero-order valence-electron chi connectivity index (χ0n) is 15.9. The zero-order chi connectivity index (χ0) is 20.6. The maximum Gasteiger partial charge on any atom is 0.416 e. The number of benzene rings is 1. The molecule has 0 unspecified atom stereocenters. The van der Waals surface area contributed by atoms with E-state index in [4.69, 9.17) is 0 Å². The Morgan fingerprint density at radius 3 is 2.66 bits per heavy atom. The van der Waals surface area contributed by atoms with Crippen LogP contribution in [0.2, 0.25) is 0 Å². The highest BCUT2D eigenvalue weighted by Gasteiger charge is 2.31. The lowest BCUT2D eigenvalue weighted by Crippen LogP contribution is -2.35. The lowest BCUT2D eigenvalue weighted by molar-refractivity contribution is -0.137. The number of carbonyl (C=O) groups excluding carboxylic acids is 1. The smallest absolute Gasteiger partial charge is 0.369 e. The molecular weight excluding hydrogens is 383 g/mol. The molecule has 29 heavy (non-hydrogen) atoms. The van der Waals surface area contributed by atoms with E-state index in [0.29, 0.717) is 42.6 Å². The van der Waals surface area contributed by atoms with Crippen molar-refractivity contribution in [2.75, 3.05) is 31.1 Å². The predicted octanol–water partition coefficient (Wildman–Crippen LogP) is 3.34. The molecule has 4 rings (SSSR count). The van der Waals surface area contributed by atoms with Gasteiger partial charge in [-0.05, 0) is 24.6 Å². The van der Waals surface area contributed by atoms with E-state index < -0.39 is 11.7 Å². The Kier molecular flexibility index (Phi) is 4.89. The normalized spacial score (nSPS) is 15.6. The molecule has 6 nitrogen and oxygen atoms in total. The Bertz CT molecular complexity index is 1050. The van der Waals surface area contributed by atoms with Crippen LogP contribution in [0.15, 0.2) is 42.9 Å². The van der Waals surface area contributed by atoms with Gasteiger partial charge in [0.05, 0.1) is 22.8 Å². The largest absolute Gasteiger partial charge is 0.416 e. The molecule has 1 aromatic carbocycles. The molecule has 0 spiro atoms. The van der Waals surface area contributed by atoms with E-state index >= 15 is 0 Å². The van der Waals surface area contributed by atoms with Crippen LogP contribution in [0.25, 0.3) is 10.9 Å². The number of hydrogen-bond acceptors (Lipinski definition) is 4. The quantitative estimate of drug-likeness (QED) is 0.659. The number of alkyl halides is 3. The molecule has 0 bridgehead atoms. The van der Waals surface area contributed by atoms with E-state index in [1.807, 2.05) is 6.07 Å². The van der Waals surface area contributed by atoms with Gasteiger partial charge in [-0.25, -0.2) is 0 Å². The summed E-state index contributed by atoms with van der Waals surface area (Å²) in [5.41, 5.74) is 0.984. The SMILES string of the molecule is Cn1cc(C(=O)N2CCCN(c3ccnc4cc(C(F)(F)F)ccc34)CC2)cn1. The van der Waals surface area contributed by atoms with Crippen molar-refractivity contribution in [3.05, 3.63) is 54.0 Å². The third-order valence-corrected chi connectivity index (χ3v) is 5.12. The second-order valence-electron chi connectivity index (χ2n) is 7.10. The van der Waals surface area contributed by atoms with Crippen LogP contribution in [-0.2, 0) is 13.2 Å². The molecule has 2 aromatic heterocycles. The van der Waals surface area contributed by atoms with Gasteiger partial charge in [0.15, 0.2) is 0 Å². The first kappa shape index (κ1) is 19.2. The number of halogens is 3. The highest BCUT2D eigenvalue weighted by molar-refractivity contribution is 5.94. The van der Waals surface area contributed by atoms with Crippen molar-refractivity contribution in [1.29, 1.82) is 0 Å². The highest BCUT2D eigenvalue weighted by atomic mass is 19.4. The third kappa shape index (κ3) is 3.90. The number of nitrogens with zero attached hydrogens (tertiary/aromatic N) is 5. The van der Waals surface area contributed by atoms with Crippen LogP contribution in [-0.4, -0.2) is 51.8 Å². The molecule has 0 radical (unpaired) electrons. The van der Waals surface area contributed by atoms with E-state index in [0.717, 1.165) is 24.2 Å². The van der Waals surface area contributed by atoms with Crippen LogP contribution in [0.1, 0.15) is 22.3 Å². The van der Waals surface area contributed by atoms with Gasteiger partial charge in [-0.2, -0.15) is 18.3 Å². The van der Waals surface area contributed by atoms with Crippen LogP contribution >= 0.6 is 0 Å². The van der Waals surface area contributed by atoms with Gasteiger partial charge >= 0.3 is 6.18 Å². The molecule has 1 amide bonds. The van der Waals surface area contributed by atoms with Gasteiger partial charge in [-0.1, -0.05) is 6.07 Å². The fourth-order valence-corrected chi connectivity index (χ4v) is 3.66. The maximum atomic E-state index is 13.0. The minimum Gasteiger partial charge on any atom is -0.369 e. The lowest BCUT2D eigenvalue weighted by Gasteiger charge is -2.25. The van der Waals surface area contributed by atoms with E-state index in [1.54, 1.807) is 29.0 Å². The maximum absolute atomic E-state index is 13.0. The van der Waals surface area contributed by atoms with Crippen molar-refractivity contribution in [3.63, 3.8) is 0 Å². The van der Waals surface area contributed by atoms with E-state index in [2.05, 4.69) is 15.0 Å². The Balaban J connectivity index is 1.56. The van der Waals surface area contributed by atoms with Crippen molar-refractivity contribution in [2.45, 2.75) is 12.6 Å². The number of carbonyl (C=O) groups is 1. The molecule has 9 heteroatoms. The van der Waals surface area contributed by atoms with Gasteiger partial charge in [0, 0.05) is 56.7 Å². The minimum absolute atomic E-state index is 0.0608. The van der Waals surface area contributed by atoms with Gasteiger partial charge in [0.1, 0.15) is 0 Å². The first-order valence-corrected chi connectivity index (χ1v) is 9.32. The summed E-state index contributed by atoms with van der Waals surface area (Å²) in [5.74, 6) is -0.0608. The minimum atomic E-state index is -4.40. The van der Waals surface area contributed by atoms with Crippen molar-refractivity contribution in [3.8, 4) is 0 Å². The van der Waals surface area contributed by atoms with Gasteiger partial charge in [-0.3, -0.25) is 14.5 Å². The van der Waals surface area contributed by atoms with Crippen LogP contribution in [0, 0.1) is 0 Å². The number of hydrogen-bond donors (Lipinski definition) is 0. The van der Waals surface area contributed by atoms with Gasteiger partial charge < -0.3 is 9.80 Å². The first-order valence-electron chi connectivity index (χ1n) is 9.32. The molecule has 3 aromatic rings. The first-order chi connectivity index (χ1) is 13.8. The summed E-state index contributed by atoms with van der Waals surface area (Å²) in [6, 6.07) is 5.45. The lowest BCUT2D eigenvalue weighted by atomic mass is 10.1. The number of aromatic nitrogens is 3. The highest BCUT2D eigenvalue weighted by Crippen LogP contribution is 2.33. The Morgan fingerprint density at radius 2 is 1.93 bits per heavy atom. The summed E-state index contributed by atoms with van der Waals surface area (Å²) >= 11 is 0. The molecule has 1 aliphatic rings. The standard InChI is InChI=1S/C20H20F3N5O/c1-26-13-14(12-25-26)19(29)28-8-2-7-27(9-10-28)18-5-6-24-17-11-15(20(21,22)23)3-4-16(17)18/h3-6,11-13H,2,7-10H2,1H3. The number of amides is 1. The number of anilines is 1. The second-order valence-corrected chi connectivity index (χ2v) is 7.10. The Hall–Kier alpha value is -3.10. The van der Waals surface area contributed by atoms with Gasteiger partial charge in [0.2, 0.25) is 0 Å². The average Bonchev–Trinajstić information content (AvgIpc) is 2.98. The predicted molar refractivity (Wildman–Crippen MR) is 103 cm³/mol. The molecule has 0 N–H and O–H groups in total. The molecule has 0 atom stereocenters. The summed E-state index contributed by atoms with van der Waals surface area (Å²) < 4.78 is 40.6. The van der Waals surface area contributed by atoms with Crippen LogP contribution < -0.4 is 4.90 Å². The van der Waals surface area contributed by atoms with Crippen LogP contribution in [0.3, 0.4) is 0 Å². The van der Waals surface area contributed by atoms with Gasteiger partial charge in [0.25, 0.3) is 5.91 Å². The topological polar surface area (TPSA) is 54.3 Å². The second kappa shape index (κ2) is 7.38. The molecule has 3 heterocycles. The molecule has 1 fully saturated rings. The molecule has 0 aliphatic carbocycles. The van der Waals surface area contributed by atoms with Crippen LogP contribution in [0.5, 0.6) is 0 Å². The van der Waals surface area contributed by atoms with Crippen LogP contribution in [0.4, 0.5) is 18.9 Å². The monoisotopic (exact) mass is 403 g/mol. The van der Waals surface area contributed by atoms with E-state index in [1.165, 1.54) is 12.3 Å². The summed E-state index contributed by atoms with van der Waals surface area (Å²) in [5, 5.41) is 4.72.